The molecule has 0 aliphatic heterocycles. The number of rotatable bonds is 7. The Morgan fingerprint density at radius 2 is 1.74 bits per heavy atom. The maximum absolute atomic E-state index is 12.2. The van der Waals surface area contributed by atoms with Crippen LogP contribution >= 0.6 is 11.3 Å². The van der Waals surface area contributed by atoms with Gasteiger partial charge >= 0.3 is 0 Å². The summed E-state index contributed by atoms with van der Waals surface area (Å²) in [6, 6.07) is 17.3. The van der Waals surface area contributed by atoms with E-state index in [-0.39, 0.29) is 12.5 Å². The van der Waals surface area contributed by atoms with E-state index in [0.29, 0.717) is 5.69 Å². The van der Waals surface area contributed by atoms with Gasteiger partial charge in [0.15, 0.2) is 11.7 Å². The Morgan fingerprint density at radius 3 is 2.52 bits per heavy atom. The number of nitrogens with one attached hydrogen (secondary N) is 2. The van der Waals surface area contributed by atoms with Crippen molar-refractivity contribution >= 4 is 33.8 Å². The number of carbonyl (C=O) groups excluding carboxylic acids is 1. The Morgan fingerprint density at radius 1 is 1.00 bits per heavy atom. The van der Waals surface area contributed by atoms with E-state index in [1.165, 1.54) is 11.3 Å². The normalized spacial score (nSPS) is 10.5. The average molecular weight is 431 g/mol. The number of pyridine rings is 1. The van der Waals surface area contributed by atoms with Gasteiger partial charge in [-0.1, -0.05) is 12.1 Å². The van der Waals surface area contributed by atoms with Gasteiger partial charge in [-0.05, 0) is 67.4 Å². The van der Waals surface area contributed by atoms with Crippen LogP contribution in [0.4, 0.5) is 16.5 Å². The molecule has 2 aromatic heterocycles. The van der Waals surface area contributed by atoms with Crippen LogP contribution in [0.25, 0.3) is 11.3 Å². The fourth-order valence-electron chi connectivity index (χ4n) is 2.95. The number of nitrogens with zero attached hydrogens (tertiary/aromatic N) is 2. The lowest BCUT2D eigenvalue weighted by atomic mass is 10.1. The SMILES string of the molecule is Cc1ccc(C)c(OCC(=O)Nc2ccc(Nc3nc(-c4ccncc4)cs3)cc2)c1. The van der Waals surface area contributed by atoms with Crippen molar-refractivity contribution in [2.75, 3.05) is 17.2 Å². The molecule has 0 bridgehead atoms. The molecule has 0 unspecified atom stereocenters. The third-order valence-corrected chi connectivity index (χ3v) is 5.36. The molecule has 0 fully saturated rings. The quantitative estimate of drug-likeness (QED) is 0.400. The number of aromatic nitrogens is 2. The van der Waals surface area contributed by atoms with E-state index < -0.39 is 0 Å². The van der Waals surface area contributed by atoms with Crippen LogP contribution in [0.3, 0.4) is 0 Å². The molecular formula is C24H22N4O2S. The summed E-state index contributed by atoms with van der Waals surface area (Å²) >= 11 is 1.53. The first-order chi connectivity index (χ1) is 15.1. The van der Waals surface area contributed by atoms with E-state index >= 15 is 0 Å². The van der Waals surface area contributed by atoms with Crippen LogP contribution in [0.15, 0.2) is 72.4 Å². The van der Waals surface area contributed by atoms with Crippen molar-refractivity contribution in [1.82, 2.24) is 9.97 Å². The molecule has 0 radical (unpaired) electrons. The molecule has 0 saturated heterocycles. The van der Waals surface area contributed by atoms with Crippen molar-refractivity contribution in [3.8, 4) is 17.0 Å². The molecule has 4 aromatic rings. The van der Waals surface area contributed by atoms with Gasteiger partial charge in [-0.3, -0.25) is 9.78 Å². The minimum Gasteiger partial charge on any atom is -0.483 e. The van der Waals surface area contributed by atoms with Crippen molar-refractivity contribution < 1.29 is 9.53 Å². The Hall–Kier alpha value is -3.71. The van der Waals surface area contributed by atoms with Crippen LogP contribution < -0.4 is 15.4 Å². The molecular weight excluding hydrogens is 408 g/mol. The fraction of sp³-hybridized carbons (Fsp3) is 0.125. The highest BCUT2D eigenvalue weighted by molar-refractivity contribution is 7.14. The van der Waals surface area contributed by atoms with Gasteiger partial charge in [-0.15, -0.1) is 11.3 Å². The van der Waals surface area contributed by atoms with Crippen molar-refractivity contribution in [3.05, 3.63) is 83.5 Å². The van der Waals surface area contributed by atoms with Crippen LogP contribution in [0, 0.1) is 13.8 Å². The van der Waals surface area contributed by atoms with Gasteiger partial charge < -0.3 is 15.4 Å². The van der Waals surface area contributed by atoms with Crippen LogP contribution in [-0.4, -0.2) is 22.5 Å². The van der Waals surface area contributed by atoms with Crippen molar-refractivity contribution in [2.45, 2.75) is 13.8 Å². The molecule has 2 heterocycles. The molecule has 0 aliphatic rings. The van der Waals surface area contributed by atoms with Crippen LogP contribution in [-0.2, 0) is 4.79 Å². The van der Waals surface area contributed by atoms with E-state index in [2.05, 4.69) is 20.6 Å². The summed E-state index contributed by atoms with van der Waals surface area (Å²) in [5.41, 5.74) is 5.63. The molecule has 0 spiro atoms. The highest BCUT2D eigenvalue weighted by atomic mass is 32.1. The van der Waals surface area contributed by atoms with Crippen molar-refractivity contribution in [3.63, 3.8) is 0 Å². The van der Waals surface area contributed by atoms with Crippen LogP contribution in [0.5, 0.6) is 5.75 Å². The first-order valence-corrected chi connectivity index (χ1v) is 10.7. The zero-order chi connectivity index (χ0) is 21.6. The van der Waals surface area contributed by atoms with Crippen molar-refractivity contribution in [2.24, 2.45) is 0 Å². The monoisotopic (exact) mass is 430 g/mol. The highest BCUT2D eigenvalue weighted by Gasteiger charge is 2.07. The predicted octanol–water partition coefficient (Wildman–Crippen LogP) is 5.58. The Labute approximate surface area is 185 Å². The van der Waals surface area contributed by atoms with Gasteiger partial charge in [-0.25, -0.2) is 4.98 Å². The second kappa shape index (κ2) is 9.40. The standard InChI is InChI=1S/C24H22N4O2S/c1-16-3-4-17(2)22(13-16)30-14-23(29)26-19-5-7-20(8-6-19)27-24-28-21(15-31-24)18-9-11-25-12-10-18/h3-13,15H,14H2,1-2H3,(H,26,29)(H,27,28). The topological polar surface area (TPSA) is 76.1 Å². The molecule has 4 rings (SSSR count). The fourth-order valence-corrected chi connectivity index (χ4v) is 3.69. The molecule has 31 heavy (non-hydrogen) atoms. The number of hydrogen-bond acceptors (Lipinski definition) is 6. The summed E-state index contributed by atoms with van der Waals surface area (Å²) in [5.74, 6) is 0.521. The van der Waals surface area contributed by atoms with Crippen molar-refractivity contribution in [1.29, 1.82) is 0 Å². The zero-order valence-electron chi connectivity index (χ0n) is 17.3. The molecule has 2 N–H and O–H groups in total. The number of thiazole rings is 1. The molecule has 1 amide bonds. The molecule has 7 heteroatoms. The van der Waals surface area contributed by atoms with Crippen LogP contribution in [0.2, 0.25) is 0 Å². The summed E-state index contributed by atoms with van der Waals surface area (Å²) in [4.78, 5) is 20.9. The molecule has 0 atom stereocenters. The van der Waals surface area contributed by atoms with Crippen LogP contribution in [0.1, 0.15) is 11.1 Å². The molecule has 2 aromatic carbocycles. The second-order valence-corrected chi connectivity index (χ2v) is 7.94. The average Bonchev–Trinajstić information content (AvgIpc) is 3.25. The van der Waals surface area contributed by atoms with Gasteiger partial charge in [0.2, 0.25) is 0 Å². The summed E-state index contributed by atoms with van der Waals surface area (Å²) in [5, 5.41) is 8.94. The minimum atomic E-state index is -0.205. The van der Waals surface area contributed by atoms with Gasteiger partial charge in [-0.2, -0.15) is 0 Å². The number of amides is 1. The Bertz CT molecular complexity index is 1170. The number of aryl methyl sites for hydroxylation is 2. The van der Waals surface area contributed by atoms with Gasteiger partial charge in [0, 0.05) is 34.7 Å². The Kier molecular flexibility index (Phi) is 6.24. The third kappa shape index (κ3) is 5.46. The smallest absolute Gasteiger partial charge is 0.262 e. The van der Waals surface area contributed by atoms with Gasteiger partial charge in [0.1, 0.15) is 5.75 Å². The lowest BCUT2D eigenvalue weighted by Gasteiger charge is -2.11. The summed E-state index contributed by atoms with van der Waals surface area (Å²) < 4.78 is 5.66. The first-order valence-electron chi connectivity index (χ1n) is 9.80. The zero-order valence-corrected chi connectivity index (χ0v) is 18.1. The highest BCUT2D eigenvalue weighted by Crippen LogP contribution is 2.27. The van der Waals surface area contributed by atoms with E-state index in [1.807, 2.05) is 73.8 Å². The Balaban J connectivity index is 1.31. The van der Waals surface area contributed by atoms with E-state index in [9.17, 15) is 4.79 Å². The maximum atomic E-state index is 12.2. The lowest BCUT2D eigenvalue weighted by Crippen LogP contribution is -2.20. The van der Waals surface area contributed by atoms with Gasteiger partial charge in [0.05, 0.1) is 5.69 Å². The van der Waals surface area contributed by atoms with E-state index in [0.717, 1.165) is 39.0 Å². The number of hydrogen-bond donors (Lipinski definition) is 2. The summed E-state index contributed by atoms with van der Waals surface area (Å²) in [6.45, 7) is 3.91. The molecule has 156 valence electrons. The molecule has 6 nitrogen and oxygen atoms in total. The lowest BCUT2D eigenvalue weighted by molar-refractivity contribution is -0.118. The number of anilines is 3. The third-order valence-electron chi connectivity index (χ3n) is 4.60. The summed E-state index contributed by atoms with van der Waals surface area (Å²) in [7, 11) is 0. The first kappa shape index (κ1) is 20.6. The largest absolute Gasteiger partial charge is 0.483 e. The predicted molar refractivity (Wildman–Crippen MR) is 125 cm³/mol. The number of benzene rings is 2. The van der Waals surface area contributed by atoms with Gasteiger partial charge in [0.25, 0.3) is 5.91 Å². The summed E-state index contributed by atoms with van der Waals surface area (Å²) in [6.07, 6.45) is 3.50. The molecule has 0 saturated carbocycles. The van der Waals surface area contributed by atoms with E-state index in [4.69, 9.17) is 4.74 Å². The minimum absolute atomic E-state index is 0.0405. The molecule has 0 aliphatic carbocycles. The second-order valence-electron chi connectivity index (χ2n) is 7.08. The number of ether oxygens (including phenoxy) is 1. The maximum Gasteiger partial charge on any atom is 0.262 e. The van der Waals surface area contributed by atoms with E-state index in [1.54, 1.807) is 12.4 Å². The number of carbonyl (C=O) groups is 1.